The number of hydrogen-bond acceptors (Lipinski definition) is 8. The van der Waals surface area contributed by atoms with Crippen LogP contribution in [0.1, 0.15) is 6.42 Å². The predicted molar refractivity (Wildman–Crippen MR) is 134 cm³/mol. The summed E-state index contributed by atoms with van der Waals surface area (Å²) in [5.41, 5.74) is 1.29. The molecule has 10 heteroatoms. The largest absolute Gasteiger partial charge is 0.492 e. The molecule has 1 atom stereocenters. The Hall–Kier alpha value is -2.72. The summed E-state index contributed by atoms with van der Waals surface area (Å²) in [5.74, 6) is 1.36. The lowest BCUT2D eigenvalue weighted by Gasteiger charge is -2.32. The molecule has 3 heterocycles. The molecule has 2 aliphatic heterocycles. The van der Waals surface area contributed by atoms with Crippen molar-refractivity contribution < 1.29 is 18.6 Å². The van der Waals surface area contributed by atoms with Crippen LogP contribution in [0.5, 0.6) is 11.5 Å². The van der Waals surface area contributed by atoms with Crippen LogP contribution in [0.3, 0.4) is 0 Å². The average molecular weight is 502 g/mol. The van der Waals surface area contributed by atoms with Crippen molar-refractivity contribution in [1.29, 1.82) is 0 Å². The van der Waals surface area contributed by atoms with E-state index in [1.807, 2.05) is 12.1 Å². The van der Waals surface area contributed by atoms with Gasteiger partial charge in [0.25, 0.3) is 0 Å². The number of fused-ring (bicyclic) bond motifs is 1. The van der Waals surface area contributed by atoms with Crippen LogP contribution in [-0.4, -0.2) is 85.5 Å². The van der Waals surface area contributed by atoms with E-state index >= 15 is 0 Å². The molecule has 2 aromatic carbocycles. The summed E-state index contributed by atoms with van der Waals surface area (Å²) in [4.78, 5) is 13.6. The van der Waals surface area contributed by atoms with Crippen LogP contribution in [0.4, 0.5) is 15.9 Å². The third-order valence-electron chi connectivity index (χ3n) is 6.31. The van der Waals surface area contributed by atoms with Crippen LogP contribution in [0.15, 0.2) is 36.7 Å². The summed E-state index contributed by atoms with van der Waals surface area (Å²) in [6.45, 7) is 6.87. The van der Waals surface area contributed by atoms with Gasteiger partial charge in [0, 0.05) is 57.0 Å². The highest BCUT2D eigenvalue weighted by atomic mass is 35.5. The van der Waals surface area contributed by atoms with Crippen LogP contribution in [-0.2, 0) is 4.74 Å². The van der Waals surface area contributed by atoms with Gasteiger partial charge in [-0.15, -0.1) is 0 Å². The SMILES string of the molecule is CN1CCN(CCOc2cc(OC3CCOC3)c3c(Nc4ccc(F)c(Cl)c4)ncnc3c2)CC1. The number of benzene rings is 2. The number of rotatable bonds is 8. The van der Waals surface area contributed by atoms with Crippen molar-refractivity contribution in [3.63, 3.8) is 0 Å². The Morgan fingerprint density at radius 2 is 2.03 bits per heavy atom. The number of ether oxygens (including phenoxy) is 3. The maximum atomic E-state index is 13.6. The van der Waals surface area contributed by atoms with E-state index in [2.05, 4.69) is 32.1 Å². The molecule has 8 nitrogen and oxygen atoms in total. The van der Waals surface area contributed by atoms with Gasteiger partial charge in [-0.1, -0.05) is 11.6 Å². The minimum atomic E-state index is -0.478. The van der Waals surface area contributed by atoms with Gasteiger partial charge < -0.3 is 24.4 Å². The second kappa shape index (κ2) is 10.9. The van der Waals surface area contributed by atoms with E-state index in [9.17, 15) is 4.39 Å². The van der Waals surface area contributed by atoms with Crippen LogP contribution < -0.4 is 14.8 Å². The quantitative estimate of drug-likeness (QED) is 0.497. The zero-order valence-electron chi connectivity index (χ0n) is 19.7. The van der Waals surface area contributed by atoms with Gasteiger partial charge in [-0.05, 0) is 25.2 Å². The highest BCUT2D eigenvalue weighted by molar-refractivity contribution is 6.31. The average Bonchev–Trinajstić information content (AvgIpc) is 3.36. The predicted octanol–water partition coefficient (Wildman–Crippen LogP) is 3.96. The number of likely N-dealkylation sites (N-methyl/N-ethyl adjacent to an activating group) is 1. The van der Waals surface area contributed by atoms with Crippen molar-refractivity contribution in [3.8, 4) is 11.5 Å². The highest BCUT2D eigenvalue weighted by Gasteiger charge is 2.21. The summed E-state index contributed by atoms with van der Waals surface area (Å²) >= 11 is 5.97. The van der Waals surface area contributed by atoms with E-state index in [0.29, 0.717) is 53.7 Å². The summed E-state index contributed by atoms with van der Waals surface area (Å²) in [6, 6.07) is 8.22. The maximum absolute atomic E-state index is 13.6. The molecule has 1 N–H and O–H groups in total. The first kappa shape index (κ1) is 24.0. The Bertz CT molecular complexity index is 1170. The zero-order chi connectivity index (χ0) is 24.2. The smallest absolute Gasteiger partial charge is 0.145 e. The third-order valence-corrected chi connectivity index (χ3v) is 6.60. The Kier molecular flexibility index (Phi) is 7.48. The fourth-order valence-electron chi connectivity index (χ4n) is 4.26. The Morgan fingerprint density at radius 3 is 2.80 bits per heavy atom. The van der Waals surface area contributed by atoms with Gasteiger partial charge in [-0.2, -0.15) is 0 Å². The van der Waals surface area contributed by atoms with E-state index in [4.69, 9.17) is 25.8 Å². The van der Waals surface area contributed by atoms with Gasteiger partial charge in [0.1, 0.15) is 42.2 Å². The van der Waals surface area contributed by atoms with Crippen molar-refractivity contribution in [1.82, 2.24) is 19.8 Å². The third kappa shape index (κ3) is 5.92. The van der Waals surface area contributed by atoms with Crippen LogP contribution >= 0.6 is 11.6 Å². The molecule has 2 aliphatic rings. The molecule has 2 saturated heterocycles. The summed E-state index contributed by atoms with van der Waals surface area (Å²) in [7, 11) is 2.15. The molecule has 0 amide bonds. The molecule has 1 unspecified atom stereocenters. The van der Waals surface area contributed by atoms with Gasteiger partial charge in [0.2, 0.25) is 0 Å². The molecule has 5 rings (SSSR count). The lowest BCUT2D eigenvalue weighted by atomic mass is 10.2. The summed E-state index contributed by atoms with van der Waals surface area (Å²) in [5, 5.41) is 3.97. The number of aromatic nitrogens is 2. The molecule has 0 aliphatic carbocycles. The molecule has 1 aromatic heterocycles. The number of halogens is 2. The van der Waals surface area contributed by atoms with Gasteiger partial charge >= 0.3 is 0 Å². The molecule has 0 bridgehead atoms. The lowest BCUT2D eigenvalue weighted by Crippen LogP contribution is -2.45. The molecule has 35 heavy (non-hydrogen) atoms. The normalized spacial score (nSPS) is 19.2. The van der Waals surface area contributed by atoms with Crippen LogP contribution in [0.25, 0.3) is 10.9 Å². The zero-order valence-corrected chi connectivity index (χ0v) is 20.4. The number of anilines is 2. The van der Waals surface area contributed by atoms with E-state index in [1.54, 1.807) is 6.07 Å². The van der Waals surface area contributed by atoms with E-state index < -0.39 is 5.82 Å². The van der Waals surface area contributed by atoms with Gasteiger partial charge in [-0.25, -0.2) is 14.4 Å². The number of piperazine rings is 1. The van der Waals surface area contributed by atoms with Gasteiger partial charge in [0.15, 0.2) is 0 Å². The Morgan fingerprint density at radius 1 is 1.17 bits per heavy atom. The fourth-order valence-corrected chi connectivity index (χ4v) is 4.44. The second-order valence-electron chi connectivity index (χ2n) is 8.89. The molecule has 0 radical (unpaired) electrons. The Labute approximate surface area is 208 Å². The minimum absolute atomic E-state index is 0.0315. The van der Waals surface area contributed by atoms with Crippen molar-refractivity contribution in [3.05, 3.63) is 47.5 Å². The minimum Gasteiger partial charge on any atom is -0.492 e. The standard InChI is InChI=1S/C25H29ClFN5O3/c1-31-5-7-32(8-6-31)9-11-34-19-13-22-24(23(14-19)35-18-4-10-33-15-18)25(29-16-28-22)30-17-2-3-21(27)20(26)12-17/h2-3,12-14,16,18H,4-11,15H2,1H3,(H,28,29,30). The van der Waals surface area contributed by atoms with Crippen molar-refractivity contribution >= 4 is 34.0 Å². The van der Waals surface area contributed by atoms with Crippen molar-refractivity contribution in [2.75, 3.05) is 64.9 Å². The van der Waals surface area contributed by atoms with Crippen LogP contribution in [0.2, 0.25) is 5.02 Å². The van der Waals surface area contributed by atoms with Crippen LogP contribution in [0, 0.1) is 5.82 Å². The highest BCUT2D eigenvalue weighted by Crippen LogP contribution is 2.37. The first-order valence-corrected chi connectivity index (χ1v) is 12.2. The lowest BCUT2D eigenvalue weighted by molar-refractivity contribution is 0.133. The van der Waals surface area contributed by atoms with E-state index in [1.165, 1.54) is 18.5 Å². The summed E-state index contributed by atoms with van der Waals surface area (Å²) < 4.78 is 31.6. The number of nitrogens with zero attached hydrogens (tertiary/aromatic N) is 4. The first-order chi connectivity index (χ1) is 17.0. The topological polar surface area (TPSA) is 72.0 Å². The molecular formula is C25H29ClFN5O3. The Balaban J connectivity index is 1.40. The molecular weight excluding hydrogens is 473 g/mol. The molecule has 0 spiro atoms. The molecule has 0 saturated carbocycles. The molecule has 2 fully saturated rings. The van der Waals surface area contributed by atoms with Gasteiger partial charge in [0.05, 0.1) is 29.1 Å². The van der Waals surface area contributed by atoms with E-state index in [0.717, 1.165) is 39.1 Å². The number of hydrogen-bond donors (Lipinski definition) is 1. The number of nitrogens with one attached hydrogen (secondary N) is 1. The van der Waals surface area contributed by atoms with Gasteiger partial charge in [-0.3, -0.25) is 4.90 Å². The first-order valence-electron chi connectivity index (χ1n) is 11.8. The maximum Gasteiger partial charge on any atom is 0.145 e. The van der Waals surface area contributed by atoms with Crippen molar-refractivity contribution in [2.24, 2.45) is 0 Å². The second-order valence-corrected chi connectivity index (χ2v) is 9.30. The molecule has 3 aromatic rings. The van der Waals surface area contributed by atoms with Crippen molar-refractivity contribution in [2.45, 2.75) is 12.5 Å². The monoisotopic (exact) mass is 501 g/mol. The fraction of sp³-hybridized carbons (Fsp3) is 0.440. The summed E-state index contributed by atoms with van der Waals surface area (Å²) in [6.07, 6.45) is 2.22. The van der Waals surface area contributed by atoms with E-state index in [-0.39, 0.29) is 11.1 Å². The molecule has 186 valence electrons.